The average Bonchev–Trinajstić information content (AvgIpc) is 2.77. The van der Waals surface area contributed by atoms with Crippen LogP contribution in [0.4, 0.5) is 18.9 Å². The number of carbonyl (C=O) groups is 2. The van der Waals surface area contributed by atoms with Gasteiger partial charge in [0.25, 0.3) is 0 Å². The van der Waals surface area contributed by atoms with E-state index in [0.29, 0.717) is 22.4 Å². The summed E-state index contributed by atoms with van der Waals surface area (Å²) in [6.07, 6.45) is 1.48. The zero-order valence-electron chi connectivity index (χ0n) is 19.4. The predicted molar refractivity (Wildman–Crippen MR) is 123 cm³/mol. The highest BCUT2D eigenvalue weighted by Crippen LogP contribution is 2.21. The molecule has 186 valence electrons. The Morgan fingerprint density at radius 2 is 1.62 bits per heavy atom. The van der Waals surface area contributed by atoms with Crippen LogP contribution in [0.3, 0.4) is 0 Å². The second kappa shape index (κ2) is 11.4. The van der Waals surface area contributed by atoms with Crippen LogP contribution in [-0.4, -0.2) is 50.0 Å². The molecule has 0 aliphatic heterocycles. The summed E-state index contributed by atoms with van der Waals surface area (Å²) >= 11 is 0. The highest BCUT2D eigenvalue weighted by molar-refractivity contribution is 7.92. The van der Waals surface area contributed by atoms with Gasteiger partial charge in [-0.15, -0.1) is 0 Å². The van der Waals surface area contributed by atoms with Crippen molar-refractivity contribution in [3.8, 4) is 0 Å². The molecule has 2 atom stereocenters. The molecule has 0 saturated heterocycles. The Labute approximate surface area is 197 Å². The molecular formula is C23H28F3N3O4S. The first kappa shape index (κ1) is 27.2. The lowest BCUT2D eigenvalue weighted by atomic mass is 10.1. The summed E-state index contributed by atoms with van der Waals surface area (Å²) < 4.78 is 65.9. The second-order valence-corrected chi connectivity index (χ2v) is 9.92. The molecule has 11 heteroatoms. The van der Waals surface area contributed by atoms with Crippen molar-refractivity contribution in [3.05, 3.63) is 65.5 Å². The molecule has 0 aliphatic carbocycles. The molecule has 0 unspecified atom stereocenters. The molecule has 7 nitrogen and oxygen atoms in total. The van der Waals surface area contributed by atoms with Crippen molar-refractivity contribution in [2.75, 3.05) is 17.1 Å². The van der Waals surface area contributed by atoms with Gasteiger partial charge in [-0.25, -0.2) is 21.6 Å². The summed E-state index contributed by atoms with van der Waals surface area (Å²) in [6, 6.07) is 6.59. The van der Waals surface area contributed by atoms with Gasteiger partial charge in [-0.05, 0) is 50.1 Å². The van der Waals surface area contributed by atoms with Gasteiger partial charge in [-0.2, -0.15) is 0 Å². The Morgan fingerprint density at radius 1 is 1.00 bits per heavy atom. The van der Waals surface area contributed by atoms with E-state index in [1.165, 1.54) is 31.2 Å². The number of amides is 2. The molecular weight excluding hydrogens is 471 g/mol. The van der Waals surface area contributed by atoms with Gasteiger partial charge in [0.1, 0.15) is 18.4 Å². The molecule has 34 heavy (non-hydrogen) atoms. The number of carbonyl (C=O) groups excluding carboxylic acids is 2. The molecule has 0 spiro atoms. The van der Waals surface area contributed by atoms with Crippen LogP contribution in [0.25, 0.3) is 0 Å². The van der Waals surface area contributed by atoms with E-state index < -0.39 is 51.9 Å². The zero-order valence-corrected chi connectivity index (χ0v) is 20.2. The van der Waals surface area contributed by atoms with E-state index in [1.54, 1.807) is 6.92 Å². The van der Waals surface area contributed by atoms with Gasteiger partial charge in [0.2, 0.25) is 21.8 Å². The molecule has 2 aromatic rings. The number of halogens is 3. The van der Waals surface area contributed by atoms with Crippen molar-refractivity contribution in [2.24, 2.45) is 0 Å². The summed E-state index contributed by atoms with van der Waals surface area (Å²) in [5.74, 6) is -4.14. The van der Waals surface area contributed by atoms with Gasteiger partial charge >= 0.3 is 0 Å². The van der Waals surface area contributed by atoms with Crippen LogP contribution >= 0.6 is 0 Å². The molecule has 0 radical (unpaired) electrons. The summed E-state index contributed by atoms with van der Waals surface area (Å²) in [6.45, 7) is 4.30. The number of hydrogen-bond donors (Lipinski definition) is 1. The van der Waals surface area contributed by atoms with Crippen molar-refractivity contribution in [1.82, 2.24) is 10.2 Å². The van der Waals surface area contributed by atoms with E-state index in [0.717, 1.165) is 23.3 Å². The van der Waals surface area contributed by atoms with Crippen molar-refractivity contribution in [3.63, 3.8) is 0 Å². The molecule has 0 bridgehead atoms. The van der Waals surface area contributed by atoms with E-state index in [9.17, 15) is 31.2 Å². The second-order valence-electron chi connectivity index (χ2n) is 8.01. The largest absolute Gasteiger partial charge is 0.352 e. The maximum atomic E-state index is 13.8. The molecule has 1 N–H and O–H groups in total. The van der Waals surface area contributed by atoms with Crippen molar-refractivity contribution >= 4 is 27.5 Å². The van der Waals surface area contributed by atoms with E-state index in [4.69, 9.17) is 0 Å². The lowest BCUT2D eigenvalue weighted by Gasteiger charge is -2.32. The molecule has 2 rings (SSSR count). The third-order valence-corrected chi connectivity index (χ3v) is 6.45. The Balaban J connectivity index is 2.39. The van der Waals surface area contributed by atoms with Crippen molar-refractivity contribution in [2.45, 2.75) is 45.8 Å². The average molecular weight is 500 g/mol. The normalized spacial score (nSPS) is 13.1. The SMILES string of the molecule is CC[C@H](C)NC(=O)[C@H](C)N(Cc1ccc(F)cc1)C(=O)CN(c1ccc(F)c(F)c1)S(C)(=O)=O. The molecule has 0 saturated carbocycles. The highest BCUT2D eigenvalue weighted by atomic mass is 32.2. The van der Waals surface area contributed by atoms with Crippen molar-refractivity contribution in [1.29, 1.82) is 0 Å². The highest BCUT2D eigenvalue weighted by Gasteiger charge is 2.30. The standard InChI is InChI=1S/C23H28F3N3O4S/c1-5-15(2)27-23(31)16(3)28(13-17-6-8-18(24)9-7-17)22(30)14-29(34(4,32)33)19-10-11-20(25)21(26)12-19/h6-12,15-16H,5,13-14H2,1-4H3,(H,27,31)/t15-,16-/m0/s1. The van der Waals surface area contributed by atoms with Crippen LogP contribution in [0.1, 0.15) is 32.8 Å². The summed E-state index contributed by atoms with van der Waals surface area (Å²) in [4.78, 5) is 27.2. The lowest BCUT2D eigenvalue weighted by molar-refractivity contribution is -0.139. The van der Waals surface area contributed by atoms with Gasteiger partial charge in [0, 0.05) is 18.7 Å². The van der Waals surface area contributed by atoms with E-state index >= 15 is 0 Å². The zero-order chi connectivity index (χ0) is 25.6. The molecule has 0 fully saturated rings. The van der Waals surface area contributed by atoms with Gasteiger partial charge < -0.3 is 10.2 Å². The number of hydrogen-bond acceptors (Lipinski definition) is 4. The smallest absolute Gasteiger partial charge is 0.244 e. The fourth-order valence-electron chi connectivity index (χ4n) is 3.09. The minimum Gasteiger partial charge on any atom is -0.352 e. The van der Waals surface area contributed by atoms with E-state index in [-0.39, 0.29) is 18.3 Å². The fraction of sp³-hybridized carbons (Fsp3) is 0.391. The van der Waals surface area contributed by atoms with Crippen LogP contribution in [0.15, 0.2) is 42.5 Å². The number of rotatable bonds is 10. The number of anilines is 1. The molecule has 0 heterocycles. The van der Waals surface area contributed by atoms with Gasteiger partial charge in [-0.3, -0.25) is 13.9 Å². The molecule has 0 aliphatic rings. The Kier molecular flexibility index (Phi) is 9.08. The predicted octanol–water partition coefficient (Wildman–Crippen LogP) is 3.20. The quantitative estimate of drug-likeness (QED) is 0.544. The summed E-state index contributed by atoms with van der Waals surface area (Å²) in [5, 5.41) is 2.77. The molecule has 0 aromatic heterocycles. The Bertz CT molecular complexity index is 1130. The summed E-state index contributed by atoms with van der Waals surface area (Å²) in [5.41, 5.74) is 0.268. The molecule has 2 amide bonds. The van der Waals surface area contributed by atoms with Crippen LogP contribution in [-0.2, 0) is 26.2 Å². The number of nitrogens with zero attached hydrogens (tertiary/aromatic N) is 2. The first-order chi connectivity index (χ1) is 15.8. The monoisotopic (exact) mass is 499 g/mol. The lowest BCUT2D eigenvalue weighted by Crippen LogP contribution is -2.52. The van der Waals surface area contributed by atoms with Crippen molar-refractivity contribution < 1.29 is 31.2 Å². The minimum atomic E-state index is -4.08. The first-order valence-electron chi connectivity index (χ1n) is 10.6. The summed E-state index contributed by atoms with van der Waals surface area (Å²) in [7, 11) is -4.08. The fourth-order valence-corrected chi connectivity index (χ4v) is 3.93. The topological polar surface area (TPSA) is 86.8 Å². The minimum absolute atomic E-state index is 0.108. The van der Waals surface area contributed by atoms with Gasteiger partial charge in [0.05, 0.1) is 11.9 Å². The van der Waals surface area contributed by atoms with E-state index in [1.807, 2.05) is 6.92 Å². The molecule has 2 aromatic carbocycles. The first-order valence-corrected chi connectivity index (χ1v) is 12.4. The Hall–Kier alpha value is -3.08. The van der Waals surface area contributed by atoms with Crippen LogP contribution in [0.2, 0.25) is 0 Å². The van der Waals surface area contributed by atoms with Gasteiger partial charge in [0.15, 0.2) is 11.6 Å². The third kappa shape index (κ3) is 7.21. The van der Waals surface area contributed by atoms with Gasteiger partial charge in [-0.1, -0.05) is 19.1 Å². The van der Waals surface area contributed by atoms with Crippen LogP contribution in [0.5, 0.6) is 0 Å². The van der Waals surface area contributed by atoms with Crippen LogP contribution in [0, 0.1) is 17.5 Å². The Morgan fingerprint density at radius 3 is 2.15 bits per heavy atom. The van der Waals surface area contributed by atoms with Crippen LogP contribution < -0.4 is 9.62 Å². The maximum Gasteiger partial charge on any atom is 0.244 e. The third-order valence-electron chi connectivity index (χ3n) is 5.30. The van der Waals surface area contributed by atoms with E-state index in [2.05, 4.69) is 5.32 Å². The number of sulfonamides is 1. The number of nitrogens with one attached hydrogen (secondary N) is 1. The number of benzene rings is 2. The maximum absolute atomic E-state index is 13.8.